The van der Waals surface area contributed by atoms with Crippen LogP contribution in [0.5, 0.6) is 0 Å². The summed E-state index contributed by atoms with van der Waals surface area (Å²) < 4.78 is 6.37. The van der Waals surface area contributed by atoms with Gasteiger partial charge in [-0.3, -0.25) is 0 Å². The third-order valence-corrected chi connectivity index (χ3v) is 10.6. The van der Waals surface area contributed by atoms with Crippen molar-refractivity contribution in [1.82, 2.24) is 0 Å². The lowest BCUT2D eigenvalue weighted by Gasteiger charge is -2.21. The molecule has 0 spiro atoms. The highest BCUT2D eigenvalue weighted by molar-refractivity contribution is 6.29. The number of furan rings is 1. The number of hydrogen-bond acceptors (Lipinski definition) is 1. The van der Waals surface area contributed by atoms with E-state index in [0.29, 0.717) is 0 Å². The molecule has 0 radical (unpaired) electrons. The highest BCUT2D eigenvalue weighted by atomic mass is 16.3. The summed E-state index contributed by atoms with van der Waals surface area (Å²) in [5, 5.41) is 14.9. The second-order valence-electron chi connectivity index (χ2n) is 13.1. The van der Waals surface area contributed by atoms with Crippen LogP contribution in [-0.4, -0.2) is 0 Å². The molecule has 0 aliphatic carbocycles. The van der Waals surface area contributed by atoms with Gasteiger partial charge >= 0.3 is 0 Å². The Labute approximate surface area is 282 Å². The molecule has 1 aromatic heterocycles. The summed E-state index contributed by atoms with van der Waals surface area (Å²) in [6, 6.07) is 62.2. The minimum absolute atomic E-state index is 0.937. The molecule has 0 atom stereocenters. The average molecular weight is 621 g/mol. The van der Waals surface area contributed by atoms with Crippen molar-refractivity contribution in [3.8, 4) is 33.4 Å². The fourth-order valence-corrected chi connectivity index (χ4v) is 8.59. The van der Waals surface area contributed by atoms with Crippen LogP contribution in [0.15, 0.2) is 174 Å². The number of benzene rings is 10. The molecule has 226 valence electrons. The van der Waals surface area contributed by atoms with Gasteiger partial charge in [-0.1, -0.05) is 146 Å². The van der Waals surface area contributed by atoms with Crippen molar-refractivity contribution in [3.05, 3.63) is 170 Å². The predicted octanol–water partition coefficient (Wildman–Crippen LogP) is 13.8. The van der Waals surface area contributed by atoms with Crippen LogP contribution in [-0.2, 0) is 0 Å². The number of rotatable bonds is 3. The summed E-state index contributed by atoms with van der Waals surface area (Å²) in [5.74, 6) is 0. The van der Waals surface area contributed by atoms with Crippen LogP contribution < -0.4 is 0 Å². The highest BCUT2D eigenvalue weighted by Gasteiger charge is 2.22. The van der Waals surface area contributed by atoms with Crippen molar-refractivity contribution in [3.63, 3.8) is 0 Å². The van der Waals surface area contributed by atoms with Crippen LogP contribution in [0.1, 0.15) is 0 Å². The van der Waals surface area contributed by atoms with Gasteiger partial charge in [0.25, 0.3) is 0 Å². The van der Waals surface area contributed by atoms with E-state index in [4.69, 9.17) is 4.42 Å². The zero-order valence-electron chi connectivity index (χ0n) is 26.6. The monoisotopic (exact) mass is 620 g/mol. The average Bonchev–Trinajstić information content (AvgIpc) is 3.56. The molecule has 49 heavy (non-hydrogen) atoms. The van der Waals surface area contributed by atoms with Gasteiger partial charge in [-0.05, 0) is 112 Å². The molecule has 1 heteroatoms. The van der Waals surface area contributed by atoms with Crippen molar-refractivity contribution < 1.29 is 4.42 Å². The lowest BCUT2D eigenvalue weighted by atomic mass is 9.82. The second-order valence-corrected chi connectivity index (χ2v) is 13.1. The Bertz CT molecular complexity index is 3050. The maximum Gasteiger partial charge on any atom is 0.136 e. The molecule has 0 fully saturated rings. The number of fused-ring (bicyclic) bond motifs is 5. The zero-order chi connectivity index (χ0) is 32.1. The fraction of sp³-hybridized carbons (Fsp3) is 0. The molecule has 0 amide bonds. The Hall–Kier alpha value is -6.44. The van der Waals surface area contributed by atoms with E-state index in [0.717, 1.165) is 11.2 Å². The summed E-state index contributed by atoms with van der Waals surface area (Å²) in [6.45, 7) is 0. The molecule has 0 bridgehead atoms. The van der Waals surface area contributed by atoms with E-state index in [1.54, 1.807) is 0 Å². The highest BCUT2D eigenvalue weighted by Crippen LogP contribution is 2.49. The molecule has 0 saturated heterocycles. The normalized spacial score (nSPS) is 12.1. The smallest absolute Gasteiger partial charge is 0.136 e. The molecular formula is C48H28O. The van der Waals surface area contributed by atoms with Gasteiger partial charge in [0.05, 0.1) is 0 Å². The lowest BCUT2D eigenvalue weighted by Crippen LogP contribution is -1.94. The zero-order valence-corrected chi connectivity index (χ0v) is 26.6. The molecular weight excluding hydrogens is 593 g/mol. The van der Waals surface area contributed by atoms with E-state index in [-0.39, 0.29) is 0 Å². The van der Waals surface area contributed by atoms with Crippen molar-refractivity contribution in [2.75, 3.05) is 0 Å². The largest absolute Gasteiger partial charge is 0.456 e. The standard InChI is InChI=1S/C48H28O/c1-2-14-31-30(12-1)28-42(33-16-4-3-15-32(31)33)34-17-5-6-18-35(34)46-36-19-7-9-21-38(36)47(39-22-10-8-20-37(39)46)40-26-27-44-48-41(40)25-24-29-13-11-23-43(49-44)45(29)48/h1-28H. The van der Waals surface area contributed by atoms with E-state index >= 15 is 0 Å². The van der Waals surface area contributed by atoms with E-state index in [2.05, 4.69) is 170 Å². The fourth-order valence-electron chi connectivity index (χ4n) is 8.59. The third-order valence-electron chi connectivity index (χ3n) is 10.6. The lowest BCUT2D eigenvalue weighted by molar-refractivity contribution is 0.669. The molecule has 10 aromatic carbocycles. The van der Waals surface area contributed by atoms with Crippen molar-refractivity contribution in [2.24, 2.45) is 0 Å². The second kappa shape index (κ2) is 10.0. The van der Waals surface area contributed by atoms with Crippen LogP contribution in [0.4, 0.5) is 0 Å². The Kier molecular flexibility index (Phi) is 5.45. The molecule has 0 saturated carbocycles. The van der Waals surface area contributed by atoms with Gasteiger partial charge in [0.15, 0.2) is 0 Å². The molecule has 0 N–H and O–H groups in total. The maximum absolute atomic E-state index is 6.37. The summed E-state index contributed by atoms with van der Waals surface area (Å²) in [7, 11) is 0. The van der Waals surface area contributed by atoms with E-state index in [1.807, 2.05) is 0 Å². The third kappa shape index (κ3) is 3.70. The Morgan fingerprint density at radius 3 is 1.55 bits per heavy atom. The molecule has 11 aromatic rings. The van der Waals surface area contributed by atoms with Crippen LogP contribution in [0, 0.1) is 0 Å². The van der Waals surface area contributed by atoms with E-state index in [1.165, 1.54) is 98.0 Å². The van der Waals surface area contributed by atoms with Crippen LogP contribution in [0.2, 0.25) is 0 Å². The first-order chi connectivity index (χ1) is 24.3. The van der Waals surface area contributed by atoms with Gasteiger partial charge in [-0.25, -0.2) is 0 Å². The van der Waals surface area contributed by atoms with E-state index in [9.17, 15) is 0 Å². The SMILES string of the molecule is c1ccc(-c2cc3ccccc3c3ccccc23)c(-c2c3ccccc3c(-c3ccc4oc5cccc6ccc3c4c65)c3ccccc23)c1. The maximum atomic E-state index is 6.37. The Balaban J connectivity index is 1.26. The first-order valence-electron chi connectivity index (χ1n) is 16.9. The summed E-state index contributed by atoms with van der Waals surface area (Å²) >= 11 is 0. The van der Waals surface area contributed by atoms with Gasteiger partial charge in [-0.2, -0.15) is 0 Å². The van der Waals surface area contributed by atoms with Crippen molar-refractivity contribution in [1.29, 1.82) is 0 Å². The van der Waals surface area contributed by atoms with Crippen LogP contribution in [0.3, 0.4) is 0 Å². The molecule has 0 aliphatic rings. The Morgan fingerprint density at radius 1 is 0.265 bits per heavy atom. The molecule has 11 rings (SSSR count). The van der Waals surface area contributed by atoms with Crippen molar-refractivity contribution in [2.45, 2.75) is 0 Å². The first kappa shape index (κ1) is 26.6. The van der Waals surface area contributed by atoms with Gasteiger partial charge in [0, 0.05) is 10.8 Å². The van der Waals surface area contributed by atoms with Crippen LogP contribution in [0.25, 0.3) is 109 Å². The van der Waals surface area contributed by atoms with E-state index < -0.39 is 0 Å². The van der Waals surface area contributed by atoms with Gasteiger partial charge < -0.3 is 4.42 Å². The molecule has 1 heterocycles. The van der Waals surface area contributed by atoms with Gasteiger partial charge in [0.2, 0.25) is 0 Å². The topological polar surface area (TPSA) is 13.1 Å². The molecule has 0 unspecified atom stereocenters. The summed E-state index contributed by atoms with van der Waals surface area (Å²) in [5.41, 5.74) is 9.38. The van der Waals surface area contributed by atoms with Crippen molar-refractivity contribution >= 4 is 75.8 Å². The van der Waals surface area contributed by atoms with Gasteiger partial charge in [0.1, 0.15) is 11.2 Å². The minimum Gasteiger partial charge on any atom is -0.456 e. The Morgan fingerprint density at radius 2 is 0.816 bits per heavy atom. The molecule has 1 nitrogen and oxygen atoms in total. The summed E-state index contributed by atoms with van der Waals surface area (Å²) in [6.07, 6.45) is 0. The quantitative estimate of drug-likeness (QED) is 0.141. The predicted molar refractivity (Wildman–Crippen MR) is 209 cm³/mol. The minimum atomic E-state index is 0.937. The molecule has 0 aliphatic heterocycles. The number of hydrogen-bond donors (Lipinski definition) is 0. The van der Waals surface area contributed by atoms with Gasteiger partial charge in [-0.15, -0.1) is 0 Å². The summed E-state index contributed by atoms with van der Waals surface area (Å²) in [4.78, 5) is 0. The first-order valence-corrected chi connectivity index (χ1v) is 16.9. The van der Waals surface area contributed by atoms with Crippen LogP contribution >= 0.6 is 0 Å².